The van der Waals surface area contributed by atoms with Gasteiger partial charge in [-0.3, -0.25) is 9.59 Å². The molecule has 0 bridgehead atoms. The van der Waals surface area contributed by atoms with Crippen LogP contribution < -0.4 is 16.0 Å². The number of halogens is 1. The van der Waals surface area contributed by atoms with E-state index in [9.17, 15) is 9.59 Å². The van der Waals surface area contributed by atoms with Crippen molar-refractivity contribution in [3.63, 3.8) is 0 Å². The maximum atomic E-state index is 11.3. The number of hydrogen-bond donors (Lipinski definition) is 3. The summed E-state index contributed by atoms with van der Waals surface area (Å²) in [4.78, 5) is 22.6. The van der Waals surface area contributed by atoms with E-state index in [1.54, 1.807) is 0 Å². The smallest absolute Gasteiger partial charge is 0.220 e. The van der Waals surface area contributed by atoms with Crippen LogP contribution in [0.2, 0.25) is 0 Å². The Morgan fingerprint density at radius 3 is 1.94 bits per heavy atom. The highest BCUT2D eigenvalue weighted by Gasteiger charge is 2.03. The van der Waals surface area contributed by atoms with Crippen molar-refractivity contribution in [3.8, 4) is 0 Å². The molecule has 5 nitrogen and oxygen atoms in total. The van der Waals surface area contributed by atoms with Crippen molar-refractivity contribution in [1.82, 2.24) is 16.0 Å². The Morgan fingerprint density at radius 2 is 1.44 bits per heavy atom. The summed E-state index contributed by atoms with van der Waals surface area (Å²) in [7, 11) is 0. The lowest BCUT2D eigenvalue weighted by molar-refractivity contribution is -0.122. The van der Waals surface area contributed by atoms with Crippen LogP contribution in [0.4, 0.5) is 0 Å². The van der Waals surface area contributed by atoms with Crippen LogP contribution in [0, 0.1) is 0 Å². The minimum atomic E-state index is 0. The lowest BCUT2D eigenvalue weighted by atomic mass is 10.2. The fourth-order valence-corrected chi connectivity index (χ4v) is 1.32. The van der Waals surface area contributed by atoms with Gasteiger partial charge in [0.2, 0.25) is 11.8 Å². The van der Waals surface area contributed by atoms with Gasteiger partial charge in [0.05, 0.1) is 0 Å². The number of carbonyl (C=O) groups excluding carboxylic acids is 2. The van der Waals surface area contributed by atoms with Crippen LogP contribution >= 0.6 is 12.4 Å². The first-order valence-electron chi connectivity index (χ1n) is 6.44. The van der Waals surface area contributed by atoms with Gasteiger partial charge in [-0.1, -0.05) is 13.8 Å². The minimum absolute atomic E-state index is 0. The molecular formula is C12H26ClN3O2. The molecule has 0 aromatic rings. The fourth-order valence-electron chi connectivity index (χ4n) is 1.32. The number of rotatable bonds is 10. The minimum Gasteiger partial charge on any atom is -0.356 e. The van der Waals surface area contributed by atoms with Gasteiger partial charge < -0.3 is 16.0 Å². The van der Waals surface area contributed by atoms with Gasteiger partial charge in [0.1, 0.15) is 0 Å². The second kappa shape index (κ2) is 14.3. The Bertz CT molecular complexity index is 225. The Balaban J connectivity index is 0. The van der Waals surface area contributed by atoms with Gasteiger partial charge in [0, 0.05) is 32.5 Å². The normalized spacial score (nSPS) is 9.44. The molecule has 0 fully saturated rings. The molecule has 2 amide bonds. The Kier molecular flexibility index (Phi) is 15.5. The number of carbonyl (C=O) groups is 2. The van der Waals surface area contributed by atoms with Crippen LogP contribution in [0.3, 0.4) is 0 Å². The van der Waals surface area contributed by atoms with Crippen LogP contribution in [0.5, 0.6) is 0 Å². The summed E-state index contributed by atoms with van der Waals surface area (Å²) in [5, 5.41) is 8.71. The lowest BCUT2D eigenvalue weighted by Gasteiger charge is -2.05. The van der Waals surface area contributed by atoms with Gasteiger partial charge in [-0.15, -0.1) is 12.4 Å². The third-order valence-electron chi connectivity index (χ3n) is 2.25. The van der Waals surface area contributed by atoms with Crippen molar-refractivity contribution in [2.45, 2.75) is 39.5 Å². The molecule has 3 N–H and O–H groups in total. The molecule has 0 radical (unpaired) electrons. The number of nitrogens with one attached hydrogen (secondary N) is 3. The molecule has 0 saturated carbocycles. The monoisotopic (exact) mass is 279 g/mol. The second-order valence-electron chi connectivity index (χ2n) is 3.91. The molecular weight excluding hydrogens is 254 g/mol. The zero-order valence-electron chi connectivity index (χ0n) is 11.4. The maximum Gasteiger partial charge on any atom is 0.220 e. The van der Waals surface area contributed by atoms with E-state index >= 15 is 0 Å². The SMILES string of the molecule is CCCNC(=O)CCCC(=O)NCCNCC.Cl. The highest BCUT2D eigenvalue weighted by molar-refractivity contribution is 5.85. The molecule has 18 heavy (non-hydrogen) atoms. The highest BCUT2D eigenvalue weighted by Crippen LogP contribution is 1.95. The second-order valence-corrected chi connectivity index (χ2v) is 3.91. The van der Waals surface area contributed by atoms with Crippen LogP contribution in [0.15, 0.2) is 0 Å². The molecule has 0 unspecified atom stereocenters. The van der Waals surface area contributed by atoms with Gasteiger partial charge in [-0.05, 0) is 19.4 Å². The van der Waals surface area contributed by atoms with Crippen molar-refractivity contribution >= 4 is 24.2 Å². The molecule has 0 aliphatic heterocycles. The summed E-state index contributed by atoms with van der Waals surface area (Å²) < 4.78 is 0. The Hall–Kier alpha value is -0.810. The molecule has 0 heterocycles. The van der Waals surface area contributed by atoms with Crippen molar-refractivity contribution in [2.75, 3.05) is 26.2 Å². The quantitative estimate of drug-likeness (QED) is 0.519. The molecule has 6 heteroatoms. The van der Waals surface area contributed by atoms with E-state index in [-0.39, 0.29) is 24.2 Å². The zero-order valence-corrected chi connectivity index (χ0v) is 12.2. The third kappa shape index (κ3) is 13.3. The van der Waals surface area contributed by atoms with Crippen molar-refractivity contribution in [2.24, 2.45) is 0 Å². The summed E-state index contributed by atoms with van der Waals surface area (Å²) in [6.45, 7) is 7.10. The van der Waals surface area contributed by atoms with E-state index in [2.05, 4.69) is 16.0 Å². The molecule has 0 saturated heterocycles. The number of hydrogen-bond acceptors (Lipinski definition) is 3. The van der Waals surface area contributed by atoms with Crippen LogP contribution in [-0.4, -0.2) is 38.0 Å². The summed E-state index contributed by atoms with van der Waals surface area (Å²) in [5.74, 6) is 0.0542. The molecule has 0 aliphatic rings. The van der Waals surface area contributed by atoms with E-state index in [1.807, 2.05) is 13.8 Å². The Morgan fingerprint density at radius 1 is 0.889 bits per heavy atom. The first-order chi connectivity index (χ1) is 8.20. The molecule has 0 spiro atoms. The summed E-state index contributed by atoms with van der Waals surface area (Å²) in [6.07, 6.45) is 2.41. The molecule has 0 atom stereocenters. The molecule has 0 rings (SSSR count). The predicted molar refractivity (Wildman–Crippen MR) is 76.0 cm³/mol. The molecule has 0 aromatic heterocycles. The first kappa shape index (κ1) is 19.5. The fraction of sp³-hybridized carbons (Fsp3) is 0.833. The van der Waals surface area contributed by atoms with Crippen LogP contribution in [0.1, 0.15) is 39.5 Å². The first-order valence-corrected chi connectivity index (χ1v) is 6.44. The van der Waals surface area contributed by atoms with Crippen molar-refractivity contribution in [1.29, 1.82) is 0 Å². The van der Waals surface area contributed by atoms with Gasteiger partial charge in [0.25, 0.3) is 0 Å². The predicted octanol–water partition coefficient (Wildman–Crippen LogP) is 0.830. The summed E-state index contributed by atoms with van der Waals surface area (Å²) in [6, 6.07) is 0. The highest BCUT2D eigenvalue weighted by atomic mass is 35.5. The maximum absolute atomic E-state index is 11.3. The molecule has 108 valence electrons. The van der Waals surface area contributed by atoms with Crippen molar-refractivity contribution < 1.29 is 9.59 Å². The standard InChI is InChI=1S/C12H25N3O2.ClH/c1-3-8-14-11(16)6-5-7-12(17)15-10-9-13-4-2;/h13H,3-10H2,1-2H3,(H,14,16)(H,15,17);1H. The van der Waals surface area contributed by atoms with E-state index in [0.29, 0.717) is 32.4 Å². The van der Waals surface area contributed by atoms with Gasteiger partial charge in [0.15, 0.2) is 0 Å². The van der Waals surface area contributed by atoms with Gasteiger partial charge >= 0.3 is 0 Å². The number of amides is 2. The number of likely N-dealkylation sites (N-methyl/N-ethyl adjacent to an activating group) is 1. The average Bonchev–Trinajstić information content (AvgIpc) is 2.32. The van der Waals surface area contributed by atoms with Crippen molar-refractivity contribution in [3.05, 3.63) is 0 Å². The summed E-state index contributed by atoms with van der Waals surface area (Å²) in [5.41, 5.74) is 0. The lowest BCUT2D eigenvalue weighted by Crippen LogP contribution is -2.31. The molecule has 0 aliphatic carbocycles. The van der Waals surface area contributed by atoms with Gasteiger partial charge in [-0.25, -0.2) is 0 Å². The zero-order chi connectivity index (χ0) is 12.9. The van der Waals surface area contributed by atoms with E-state index < -0.39 is 0 Å². The van der Waals surface area contributed by atoms with E-state index in [1.165, 1.54) is 0 Å². The average molecular weight is 280 g/mol. The largest absolute Gasteiger partial charge is 0.356 e. The third-order valence-corrected chi connectivity index (χ3v) is 2.25. The van der Waals surface area contributed by atoms with E-state index in [0.717, 1.165) is 19.5 Å². The topological polar surface area (TPSA) is 70.2 Å². The molecule has 0 aromatic carbocycles. The van der Waals surface area contributed by atoms with Gasteiger partial charge in [-0.2, -0.15) is 0 Å². The van der Waals surface area contributed by atoms with Crippen LogP contribution in [0.25, 0.3) is 0 Å². The van der Waals surface area contributed by atoms with Crippen LogP contribution in [-0.2, 0) is 9.59 Å². The van der Waals surface area contributed by atoms with E-state index in [4.69, 9.17) is 0 Å². The summed E-state index contributed by atoms with van der Waals surface area (Å²) >= 11 is 0. The Labute approximate surface area is 116 Å².